The molecule has 4 rings (SSSR count). The van der Waals surface area contributed by atoms with E-state index in [0.717, 1.165) is 5.69 Å². The second-order valence-corrected chi connectivity index (χ2v) is 9.32. The third-order valence-electron chi connectivity index (χ3n) is 5.20. The summed E-state index contributed by atoms with van der Waals surface area (Å²) in [5.41, 5.74) is 1.92. The van der Waals surface area contributed by atoms with Gasteiger partial charge < -0.3 is 9.80 Å². The van der Waals surface area contributed by atoms with E-state index in [4.69, 9.17) is 11.6 Å². The molecule has 0 atom stereocenters. The van der Waals surface area contributed by atoms with Crippen molar-refractivity contribution >= 4 is 38.9 Å². The number of nitrogens with zero attached hydrogens (tertiary/aromatic N) is 2. The summed E-state index contributed by atoms with van der Waals surface area (Å²) in [5.74, 6) is -0.112. The highest BCUT2D eigenvalue weighted by Gasteiger charge is 2.24. The number of benzene rings is 3. The van der Waals surface area contributed by atoms with Crippen molar-refractivity contribution in [1.29, 1.82) is 0 Å². The molecule has 0 saturated carbocycles. The van der Waals surface area contributed by atoms with E-state index in [2.05, 4.69) is 9.62 Å². The van der Waals surface area contributed by atoms with Gasteiger partial charge in [-0.05, 0) is 48.5 Å². The fraction of sp³-hybridized carbons (Fsp3) is 0.174. The maximum absolute atomic E-state index is 12.9. The molecule has 1 fully saturated rings. The number of sulfonamides is 1. The standard InChI is InChI=1S/C23H22ClN3O3S/c24-21-8-4-5-9-22(21)26-14-16-27(17-15-26)23(28)18-10-12-20(13-11-18)31(29,30)25-19-6-2-1-3-7-19/h1-13,25H,14-17H2. The third-order valence-corrected chi connectivity index (χ3v) is 6.91. The van der Waals surface area contributed by atoms with Gasteiger partial charge in [0.15, 0.2) is 0 Å². The topological polar surface area (TPSA) is 69.7 Å². The van der Waals surface area contributed by atoms with Gasteiger partial charge in [0.25, 0.3) is 15.9 Å². The van der Waals surface area contributed by atoms with Crippen molar-refractivity contribution in [2.75, 3.05) is 35.8 Å². The number of anilines is 2. The van der Waals surface area contributed by atoms with E-state index in [1.807, 2.05) is 30.3 Å². The molecule has 0 unspecified atom stereocenters. The lowest BCUT2D eigenvalue weighted by Gasteiger charge is -2.36. The van der Waals surface area contributed by atoms with Crippen LogP contribution in [0.25, 0.3) is 0 Å². The lowest BCUT2D eigenvalue weighted by Crippen LogP contribution is -2.48. The van der Waals surface area contributed by atoms with Crippen molar-refractivity contribution in [3.63, 3.8) is 0 Å². The number of hydrogen-bond donors (Lipinski definition) is 1. The van der Waals surface area contributed by atoms with Gasteiger partial charge in [0.05, 0.1) is 15.6 Å². The fourth-order valence-electron chi connectivity index (χ4n) is 3.54. The Kier molecular flexibility index (Phi) is 6.15. The number of hydrogen-bond acceptors (Lipinski definition) is 4. The van der Waals surface area contributed by atoms with E-state index in [1.54, 1.807) is 41.3 Å². The van der Waals surface area contributed by atoms with Crippen LogP contribution >= 0.6 is 11.6 Å². The summed E-state index contributed by atoms with van der Waals surface area (Å²) in [6.07, 6.45) is 0. The van der Waals surface area contributed by atoms with Gasteiger partial charge in [-0.2, -0.15) is 0 Å². The number of piperazine rings is 1. The van der Waals surface area contributed by atoms with E-state index in [-0.39, 0.29) is 10.8 Å². The predicted molar refractivity (Wildman–Crippen MR) is 123 cm³/mol. The Balaban J connectivity index is 1.40. The monoisotopic (exact) mass is 455 g/mol. The average Bonchev–Trinajstić information content (AvgIpc) is 2.80. The molecule has 0 aromatic heterocycles. The molecule has 6 nitrogen and oxygen atoms in total. The normalized spacial score (nSPS) is 14.4. The number of carbonyl (C=O) groups is 1. The molecule has 1 aliphatic rings. The zero-order chi connectivity index (χ0) is 21.8. The van der Waals surface area contributed by atoms with Crippen LogP contribution in [0.1, 0.15) is 10.4 Å². The zero-order valence-electron chi connectivity index (χ0n) is 16.7. The van der Waals surface area contributed by atoms with Gasteiger partial charge in [-0.25, -0.2) is 8.42 Å². The number of nitrogens with one attached hydrogen (secondary N) is 1. The molecule has 1 heterocycles. The molecule has 3 aromatic rings. The summed E-state index contributed by atoms with van der Waals surface area (Å²) in [4.78, 5) is 16.9. The molecule has 1 saturated heterocycles. The van der Waals surface area contributed by atoms with Crippen molar-refractivity contribution < 1.29 is 13.2 Å². The Morgan fingerprint density at radius 2 is 1.42 bits per heavy atom. The largest absolute Gasteiger partial charge is 0.367 e. The molecule has 0 radical (unpaired) electrons. The van der Waals surface area contributed by atoms with Gasteiger partial charge >= 0.3 is 0 Å². The molecule has 0 bridgehead atoms. The maximum Gasteiger partial charge on any atom is 0.261 e. The Bertz CT molecular complexity index is 1160. The Hall–Kier alpha value is -3.03. The van der Waals surface area contributed by atoms with Crippen molar-refractivity contribution in [2.45, 2.75) is 4.90 Å². The first-order valence-electron chi connectivity index (χ1n) is 9.91. The van der Waals surface area contributed by atoms with Crippen LogP contribution in [0.4, 0.5) is 11.4 Å². The number of halogens is 1. The molecular weight excluding hydrogens is 434 g/mol. The van der Waals surface area contributed by atoms with Gasteiger partial charge in [-0.3, -0.25) is 9.52 Å². The molecule has 3 aromatic carbocycles. The van der Waals surface area contributed by atoms with Crippen LogP contribution in [0.15, 0.2) is 83.8 Å². The molecule has 160 valence electrons. The van der Waals surface area contributed by atoms with Crippen LogP contribution in [0.2, 0.25) is 5.02 Å². The van der Waals surface area contributed by atoms with Gasteiger partial charge in [0.1, 0.15) is 0 Å². The third kappa shape index (κ3) is 4.84. The van der Waals surface area contributed by atoms with Crippen LogP contribution in [0, 0.1) is 0 Å². The summed E-state index contributed by atoms with van der Waals surface area (Å²) in [6, 6.07) is 22.4. The first-order chi connectivity index (χ1) is 14.9. The van der Waals surface area contributed by atoms with Gasteiger partial charge in [-0.15, -0.1) is 0 Å². The van der Waals surface area contributed by atoms with Gasteiger partial charge in [-0.1, -0.05) is 41.9 Å². The first kappa shape index (κ1) is 21.2. The SMILES string of the molecule is O=C(c1ccc(S(=O)(=O)Nc2ccccc2)cc1)N1CCN(c2ccccc2Cl)CC1. The number of para-hydroxylation sites is 2. The number of rotatable bonds is 5. The summed E-state index contributed by atoms with van der Waals surface area (Å²) < 4.78 is 27.7. The summed E-state index contributed by atoms with van der Waals surface area (Å²) in [6.45, 7) is 2.51. The van der Waals surface area contributed by atoms with Crippen molar-refractivity contribution in [3.8, 4) is 0 Å². The lowest BCUT2D eigenvalue weighted by atomic mass is 10.1. The lowest BCUT2D eigenvalue weighted by molar-refractivity contribution is 0.0746. The van der Waals surface area contributed by atoms with Crippen LogP contribution in [-0.4, -0.2) is 45.4 Å². The zero-order valence-corrected chi connectivity index (χ0v) is 18.3. The van der Waals surface area contributed by atoms with E-state index in [9.17, 15) is 13.2 Å². The number of amides is 1. The second-order valence-electron chi connectivity index (χ2n) is 7.23. The van der Waals surface area contributed by atoms with Crippen molar-refractivity contribution in [3.05, 3.63) is 89.4 Å². The minimum absolute atomic E-state index is 0.108. The molecule has 1 N–H and O–H groups in total. The average molecular weight is 456 g/mol. The van der Waals surface area contributed by atoms with E-state index in [0.29, 0.717) is 42.5 Å². The number of carbonyl (C=O) groups excluding carboxylic acids is 1. The van der Waals surface area contributed by atoms with Crippen LogP contribution in [-0.2, 0) is 10.0 Å². The second kappa shape index (κ2) is 8.99. The highest BCUT2D eigenvalue weighted by atomic mass is 35.5. The van der Waals surface area contributed by atoms with E-state index >= 15 is 0 Å². The van der Waals surface area contributed by atoms with Gasteiger partial charge in [0.2, 0.25) is 0 Å². The van der Waals surface area contributed by atoms with Crippen LogP contribution in [0.5, 0.6) is 0 Å². The molecule has 31 heavy (non-hydrogen) atoms. The Morgan fingerprint density at radius 3 is 2.06 bits per heavy atom. The fourth-order valence-corrected chi connectivity index (χ4v) is 4.85. The van der Waals surface area contributed by atoms with Crippen molar-refractivity contribution in [1.82, 2.24) is 4.90 Å². The van der Waals surface area contributed by atoms with Crippen LogP contribution < -0.4 is 9.62 Å². The predicted octanol–water partition coefficient (Wildman–Crippen LogP) is 4.10. The van der Waals surface area contributed by atoms with E-state index < -0.39 is 10.0 Å². The molecule has 1 amide bonds. The summed E-state index contributed by atoms with van der Waals surface area (Å²) in [5, 5.41) is 0.697. The molecule has 0 aliphatic carbocycles. The Labute approximate surface area is 187 Å². The summed E-state index contributed by atoms with van der Waals surface area (Å²) >= 11 is 6.28. The highest BCUT2D eigenvalue weighted by molar-refractivity contribution is 7.92. The molecular formula is C23H22ClN3O3S. The van der Waals surface area contributed by atoms with Crippen LogP contribution in [0.3, 0.4) is 0 Å². The minimum Gasteiger partial charge on any atom is -0.367 e. The maximum atomic E-state index is 12.9. The smallest absolute Gasteiger partial charge is 0.261 e. The molecule has 1 aliphatic heterocycles. The van der Waals surface area contributed by atoms with E-state index in [1.165, 1.54) is 12.1 Å². The van der Waals surface area contributed by atoms with Crippen molar-refractivity contribution in [2.24, 2.45) is 0 Å². The quantitative estimate of drug-likeness (QED) is 0.628. The molecule has 0 spiro atoms. The Morgan fingerprint density at radius 1 is 0.806 bits per heavy atom. The van der Waals surface area contributed by atoms with Gasteiger partial charge in [0, 0.05) is 37.4 Å². The minimum atomic E-state index is -3.72. The first-order valence-corrected chi connectivity index (χ1v) is 11.8. The molecule has 8 heteroatoms. The summed E-state index contributed by atoms with van der Waals surface area (Å²) in [7, 11) is -3.72. The highest BCUT2D eigenvalue weighted by Crippen LogP contribution is 2.26.